The molecule has 100 valence electrons. The summed E-state index contributed by atoms with van der Waals surface area (Å²) in [5, 5.41) is 19.2. The Morgan fingerprint density at radius 2 is 2.17 bits per heavy atom. The van der Waals surface area contributed by atoms with Gasteiger partial charge in [-0.2, -0.15) is 0 Å². The Morgan fingerprint density at radius 3 is 2.67 bits per heavy atom. The zero-order valence-electron chi connectivity index (χ0n) is 10.1. The first-order valence-electron chi connectivity index (χ1n) is 5.69. The van der Waals surface area contributed by atoms with Crippen molar-refractivity contribution in [1.82, 2.24) is 9.88 Å². The van der Waals surface area contributed by atoms with E-state index in [9.17, 15) is 9.59 Å². The normalized spacial score (nSPS) is 10.3. The third-order valence-electron chi connectivity index (χ3n) is 2.34. The summed E-state index contributed by atoms with van der Waals surface area (Å²) < 4.78 is 0. The van der Waals surface area contributed by atoms with Crippen molar-refractivity contribution in [2.24, 2.45) is 0 Å². The predicted molar refractivity (Wildman–Crippen MR) is 67.0 cm³/mol. The third-order valence-corrected chi connectivity index (χ3v) is 3.18. The van der Waals surface area contributed by atoms with Gasteiger partial charge in [-0.25, -0.2) is 9.78 Å². The van der Waals surface area contributed by atoms with Crippen LogP contribution in [0.25, 0.3) is 0 Å². The number of hydrogen-bond donors (Lipinski definition) is 2. The molecule has 1 heterocycles. The number of amides is 1. The predicted octanol–water partition coefficient (Wildman–Crippen LogP) is 1.08. The molecule has 0 aliphatic heterocycles. The van der Waals surface area contributed by atoms with Gasteiger partial charge in [-0.1, -0.05) is 13.3 Å². The van der Waals surface area contributed by atoms with Crippen molar-refractivity contribution < 1.29 is 19.8 Å². The van der Waals surface area contributed by atoms with Crippen LogP contribution in [0.1, 0.15) is 40.1 Å². The van der Waals surface area contributed by atoms with Crippen molar-refractivity contribution in [3.8, 4) is 0 Å². The van der Waals surface area contributed by atoms with Gasteiger partial charge < -0.3 is 15.1 Å². The molecule has 0 bridgehead atoms. The SMILES string of the molecule is CCCCN(CCO)C(=O)c1nc(C(=O)O)cs1. The van der Waals surface area contributed by atoms with E-state index in [0.717, 1.165) is 24.2 Å². The maximum absolute atomic E-state index is 12.0. The first kappa shape index (κ1) is 14.6. The number of hydrogen-bond acceptors (Lipinski definition) is 5. The molecule has 0 aromatic carbocycles. The van der Waals surface area contributed by atoms with Crippen LogP contribution in [-0.4, -0.2) is 51.7 Å². The molecule has 0 saturated carbocycles. The number of carboxylic acids is 1. The van der Waals surface area contributed by atoms with E-state index in [-0.39, 0.29) is 29.8 Å². The van der Waals surface area contributed by atoms with Crippen molar-refractivity contribution in [2.75, 3.05) is 19.7 Å². The molecule has 1 aromatic rings. The number of thiazole rings is 1. The fraction of sp³-hybridized carbons (Fsp3) is 0.545. The van der Waals surface area contributed by atoms with Crippen molar-refractivity contribution in [1.29, 1.82) is 0 Å². The minimum atomic E-state index is -1.15. The highest BCUT2D eigenvalue weighted by Crippen LogP contribution is 2.13. The van der Waals surface area contributed by atoms with Crippen LogP contribution in [0.15, 0.2) is 5.38 Å². The van der Waals surface area contributed by atoms with Crippen LogP contribution in [0.3, 0.4) is 0 Å². The highest BCUT2D eigenvalue weighted by atomic mass is 32.1. The van der Waals surface area contributed by atoms with Crippen LogP contribution in [0.5, 0.6) is 0 Å². The zero-order chi connectivity index (χ0) is 13.5. The molecular formula is C11H16N2O4S. The highest BCUT2D eigenvalue weighted by molar-refractivity contribution is 7.11. The Hall–Kier alpha value is -1.47. The first-order chi connectivity index (χ1) is 8.60. The molecule has 0 fully saturated rings. The van der Waals surface area contributed by atoms with Crippen molar-refractivity contribution in [3.05, 3.63) is 16.1 Å². The standard InChI is InChI=1S/C11H16N2O4S/c1-2-3-4-13(5-6-14)10(15)9-12-8(7-18-9)11(16)17/h7,14H,2-6H2,1H3,(H,16,17). The number of aromatic carboxylic acids is 1. The number of aliphatic hydroxyl groups is 1. The Kier molecular flexibility index (Phi) is 5.73. The summed E-state index contributed by atoms with van der Waals surface area (Å²) in [5.41, 5.74) is -0.122. The van der Waals surface area contributed by atoms with E-state index in [1.165, 1.54) is 10.3 Å². The van der Waals surface area contributed by atoms with Crippen LogP contribution in [0, 0.1) is 0 Å². The number of aromatic nitrogens is 1. The summed E-state index contributed by atoms with van der Waals surface area (Å²) in [5.74, 6) is -1.47. The summed E-state index contributed by atoms with van der Waals surface area (Å²) in [6, 6.07) is 0. The molecule has 0 spiro atoms. The fourth-order valence-corrected chi connectivity index (χ4v) is 2.15. The maximum atomic E-state index is 12.0. The summed E-state index contributed by atoms with van der Waals surface area (Å²) >= 11 is 1.01. The van der Waals surface area contributed by atoms with Gasteiger partial charge in [0.05, 0.1) is 6.61 Å². The van der Waals surface area contributed by atoms with E-state index >= 15 is 0 Å². The summed E-state index contributed by atoms with van der Waals surface area (Å²) in [6.07, 6.45) is 1.77. The first-order valence-corrected chi connectivity index (χ1v) is 6.57. The number of nitrogens with zero attached hydrogens (tertiary/aromatic N) is 2. The number of aliphatic hydroxyl groups excluding tert-OH is 1. The number of rotatable bonds is 7. The average Bonchev–Trinajstić information content (AvgIpc) is 2.83. The van der Waals surface area contributed by atoms with Gasteiger partial charge in [0, 0.05) is 18.5 Å². The highest BCUT2D eigenvalue weighted by Gasteiger charge is 2.20. The minimum Gasteiger partial charge on any atom is -0.476 e. The molecule has 1 aromatic heterocycles. The molecule has 1 rings (SSSR count). The zero-order valence-corrected chi connectivity index (χ0v) is 10.9. The molecule has 0 saturated heterocycles. The number of carboxylic acid groups (broad SMARTS) is 1. The molecule has 2 N–H and O–H groups in total. The molecule has 6 nitrogen and oxygen atoms in total. The smallest absolute Gasteiger partial charge is 0.355 e. The van der Waals surface area contributed by atoms with Gasteiger partial charge in [-0.15, -0.1) is 11.3 Å². The van der Waals surface area contributed by atoms with Crippen LogP contribution in [-0.2, 0) is 0 Å². The number of carbonyl (C=O) groups is 2. The van der Waals surface area contributed by atoms with Crippen LogP contribution in [0.4, 0.5) is 0 Å². The van der Waals surface area contributed by atoms with Crippen LogP contribution >= 0.6 is 11.3 Å². The Bertz CT molecular complexity index is 419. The lowest BCUT2D eigenvalue weighted by atomic mass is 10.3. The molecule has 0 aliphatic carbocycles. The fourth-order valence-electron chi connectivity index (χ4n) is 1.39. The van der Waals surface area contributed by atoms with Gasteiger partial charge in [-0.05, 0) is 6.42 Å². The monoisotopic (exact) mass is 272 g/mol. The van der Waals surface area contributed by atoms with Crippen LogP contribution in [0.2, 0.25) is 0 Å². The van der Waals surface area contributed by atoms with Crippen LogP contribution < -0.4 is 0 Å². The summed E-state index contributed by atoms with van der Waals surface area (Å²) in [4.78, 5) is 28.0. The van der Waals surface area contributed by atoms with E-state index in [4.69, 9.17) is 10.2 Å². The summed E-state index contributed by atoms with van der Waals surface area (Å²) in [7, 11) is 0. The molecule has 7 heteroatoms. The number of unbranched alkanes of at least 4 members (excludes halogenated alkanes) is 1. The molecule has 0 unspecified atom stereocenters. The van der Waals surface area contributed by atoms with E-state index in [2.05, 4.69) is 4.98 Å². The van der Waals surface area contributed by atoms with Gasteiger partial charge in [0.15, 0.2) is 10.7 Å². The quantitative estimate of drug-likeness (QED) is 0.775. The molecule has 0 atom stereocenters. The Balaban J connectivity index is 2.77. The second-order valence-electron chi connectivity index (χ2n) is 3.71. The lowest BCUT2D eigenvalue weighted by molar-refractivity contribution is 0.0690. The summed E-state index contributed by atoms with van der Waals surface area (Å²) in [6.45, 7) is 2.67. The molecule has 0 aliphatic rings. The largest absolute Gasteiger partial charge is 0.476 e. The molecule has 18 heavy (non-hydrogen) atoms. The lowest BCUT2D eigenvalue weighted by Gasteiger charge is -2.20. The third kappa shape index (κ3) is 3.78. The van der Waals surface area contributed by atoms with Gasteiger partial charge in [0.1, 0.15) is 0 Å². The molecular weight excluding hydrogens is 256 g/mol. The van der Waals surface area contributed by atoms with E-state index in [0.29, 0.717) is 6.54 Å². The van der Waals surface area contributed by atoms with Gasteiger partial charge in [0.25, 0.3) is 5.91 Å². The van der Waals surface area contributed by atoms with Gasteiger partial charge >= 0.3 is 5.97 Å². The maximum Gasteiger partial charge on any atom is 0.355 e. The molecule has 1 amide bonds. The van der Waals surface area contributed by atoms with Crippen molar-refractivity contribution in [2.45, 2.75) is 19.8 Å². The Labute approximate surface area is 109 Å². The molecule has 0 radical (unpaired) electrons. The topological polar surface area (TPSA) is 90.7 Å². The Morgan fingerprint density at radius 1 is 1.44 bits per heavy atom. The second-order valence-corrected chi connectivity index (χ2v) is 4.57. The second kappa shape index (κ2) is 7.07. The van der Waals surface area contributed by atoms with E-state index < -0.39 is 5.97 Å². The number of carbonyl (C=O) groups excluding carboxylic acids is 1. The minimum absolute atomic E-state index is 0.118. The van der Waals surface area contributed by atoms with Crippen molar-refractivity contribution in [3.63, 3.8) is 0 Å². The lowest BCUT2D eigenvalue weighted by Crippen LogP contribution is -2.34. The average molecular weight is 272 g/mol. The van der Waals surface area contributed by atoms with Gasteiger partial charge in [0.2, 0.25) is 0 Å². The van der Waals surface area contributed by atoms with Crippen molar-refractivity contribution >= 4 is 23.2 Å². The van der Waals surface area contributed by atoms with E-state index in [1.807, 2.05) is 6.92 Å². The van der Waals surface area contributed by atoms with E-state index in [1.54, 1.807) is 0 Å². The van der Waals surface area contributed by atoms with Gasteiger partial charge in [-0.3, -0.25) is 4.79 Å².